The number of carbonyl (C=O) groups is 1. The van der Waals surface area contributed by atoms with Crippen LogP contribution in [0.2, 0.25) is 0 Å². The third-order valence-electron chi connectivity index (χ3n) is 4.65. The number of hydrogen-bond donors (Lipinski definition) is 2. The van der Waals surface area contributed by atoms with Crippen molar-refractivity contribution in [3.8, 4) is 0 Å². The third kappa shape index (κ3) is 5.16. The molecule has 0 spiro atoms. The number of carbonyl (C=O) groups excluding carboxylic acids is 1. The van der Waals surface area contributed by atoms with Crippen molar-refractivity contribution in [3.63, 3.8) is 0 Å². The molecule has 1 saturated heterocycles. The maximum Gasteiger partial charge on any atom is 0.317 e. The molecule has 0 radical (unpaired) electrons. The second kappa shape index (κ2) is 8.42. The van der Waals surface area contributed by atoms with E-state index in [1.54, 1.807) is 17.9 Å². The summed E-state index contributed by atoms with van der Waals surface area (Å²) >= 11 is 0. The largest absolute Gasteiger partial charge is 0.393 e. The average Bonchev–Trinajstić information content (AvgIpc) is 2.56. The highest BCUT2D eigenvalue weighted by Gasteiger charge is 2.26. The number of amides is 2. The minimum absolute atomic E-state index is 0.0717. The number of nitrogens with one attached hydrogen (secondary N) is 1. The van der Waals surface area contributed by atoms with Gasteiger partial charge in [-0.3, -0.25) is 0 Å². The van der Waals surface area contributed by atoms with E-state index in [4.69, 9.17) is 0 Å². The van der Waals surface area contributed by atoms with Crippen molar-refractivity contribution in [1.29, 1.82) is 0 Å². The monoisotopic (exact) mass is 340 g/mol. The van der Waals surface area contributed by atoms with Gasteiger partial charge in [-0.15, -0.1) is 0 Å². The molecule has 0 aliphatic carbocycles. The van der Waals surface area contributed by atoms with Crippen LogP contribution in [0.3, 0.4) is 0 Å². The highest BCUT2D eigenvalue weighted by molar-refractivity contribution is 5.74. The van der Waals surface area contributed by atoms with Crippen LogP contribution >= 0.6 is 0 Å². The van der Waals surface area contributed by atoms with Crippen LogP contribution in [-0.2, 0) is 6.42 Å². The molecule has 1 aromatic rings. The topological polar surface area (TPSA) is 52.6 Å². The number of aliphatic hydroxyl groups excluding tert-OH is 1. The highest BCUT2D eigenvalue weighted by atomic mass is 19.2. The number of piperidine rings is 1. The molecule has 2 amide bonds. The van der Waals surface area contributed by atoms with Crippen molar-refractivity contribution >= 4 is 6.03 Å². The van der Waals surface area contributed by atoms with Crippen molar-refractivity contribution in [1.82, 2.24) is 10.2 Å². The normalized spacial score (nSPS) is 20.5. The summed E-state index contributed by atoms with van der Waals surface area (Å²) in [6, 6.07) is 3.68. The first-order valence-electron chi connectivity index (χ1n) is 8.54. The Balaban J connectivity index is 1.79. The summed E-state index contributed by atoms with van der Waals surface area (Å²) in [6.45, 7) is 4.93. The number of aryl methyl sites for hydroxylation is 1. The van der Waals surface area contributed by atoms with Crippen LogP contribution in [0.5, 0.6) is 0 Å². The quantitative estimate of drug-likeness (QED) is 0.865. The lowest BCUT2D eigenvalue weighted by Gasteiger charge is -2.34. The van der Waals surface area contributed by atoms with Gasteiger partial charge in [-0.05, 0) is 57.2 Å². The molecule has 3 atom stereocenters. The summed E-state index contributed by atoms with van der Waals surface area (Å²) in [5, 5.41) is 12.6. The van der Waals surface area contributed by atoms with E-state index in [2.05, 4.69) is 5.32 Å². The van der Waals surface area contributed by atoms with Crippen molar-refractivity contribution in [3.05, 3.63) is 35.4 Å². The highest BCUT2D eigenvalue weighted by Crippen LogP contribution is 2.20. The molecule has 0 saturated carbocycles. The predicted molar refractivity (Wildman–Crippen MR) is 88.7 cm³/mol. The minimum atomic E-state index is -0.849. The van der Waals surface area contributed by atoms with Crippen LogP contribution in [0.25, 0.3) is 0 Å². The van der Waals surface area contributed by atoms with E-state index in [9.17, 15) is 18.7 Å². The first-order valence-corrected chi connectivity index (χ1v) is 8.54. The van der Waals surface area contributed by atoms with Crippen molar-refractivity contribution in [2.75, 3.05) is 13.1 Å². The molecule has 0 bridgehead atoms. The number of urea groups is 1. The van der Waals surface area contributed by atoms with E-state index in [1.807, 2.05) is 6.92 Å². The van der Waals surface area contributed by atoms with E-state index in [1.165, 1.54) is 6.07 Å². The number of likely N-dealkylation sites (tertiary alicyclic amines) is 1. The van der Waals surface area contributed by atoms with Crippen LogP contribution in [0, 0.1) is 17.6 Å². The fourth-order valence-electron chi connectivity index (χ4n) is 3.04. The molecule has 1 fully saturated rings. The molecule has 1 heterocycles. The number of hydrogen-bond acceptors (Lipinski definition) is 2. The van der Waals surface area contributed by atoms with Gasteiger partial charge in [0.1, 0.15) is 0 Å². The molecule has 2 N–H and O–H groups in total. The zero-order valence-corrected chi connectivity index (χ0v) is 14.3. The Labute approximate surface area is 141 Å². The maximum atomic E-state index is 13.2. The standard InChI is InChI=1S/C18H26F2N2O2/c1-12(5-6-14-7-8-16(19)17(20)10-14)21-18(24)22-9-3-4-15(11-22)13(2)23/h7-8,10,12-13,15,23H,3-6,9,11H2,1-2H3,(H,21,24)/t12-,13+,15-/m1/s1. The van der Waals surface area contributed by atoms with Gasteiger partial charge < -0.3 is 15.3 Å². The van der Waals surface area contributed by atoms with Crippen LogP contribution in [0.1, 0.15) is 38.7 Å². The Kier molecular flexibility index (Phi) is 6.54. The van der Waals surface area contributed by atoms with Crippen molar-refractivity contribution in [2.45, 2.75) is 51.7 Å². The molecule has 1 aromatic carbocycles. The molecule has 4 nitrogen and oxygen atoms in total. The summed E-state index contributed by atoms with van der Waals surface area (Å²) in [6.07, 6.45) is 2.63. The fourth-order valence-corrected chi connectivity index (χ4v) is 3.04. The van der Waals surface area contributed by atoms with Gasteiger partial charge in [0, 0.05) is 25.0 Å². The van der Waals surface area contributed by atoms with Crippen LogP contribution in [0.15, 0.2) is 18.2 Å². The molecule has 2 rings (SSSR count). The zero-order valence-electron chi connectivity index (χ0n) is 14.3. The first kappa shape index (κ1) is 18.6. The molecule has 24 heavy (non-hydrogen) atoms. The van der Waals surface area contributed by atoms with Crippen LogP contribution < -0.4 is 5.32 Å². The van der Waals surface area contributed by atoms with Gasteiger partial charge in [-0.25, -0.2) is 13.6 Å². The third-order valence-corrected chi connectivity index (χ3v) is 4.65. The number of halogens is 2. The summed E-state index contributed by atoms with van der Waals surface area (Å²) in [4.78, 5) is 14.1. The Morgan fingerprint density at radius 1 is 1.38 bits per heavy atom. The second-order valence-corrected chi connectivity index (χ2v) is 6.73. The Morgan fingerprint density at radius 3 is 2.79 bits per heavy atom. The second-order valence-electron chi connectivity index (χ2n) is 6.73. The lowest BCUT2D eigenvalue weighted by atomic mass is 9.94. The lowest BCUT2D eigenvalue weighted by Crippen LogP contribution is -2.49. The number of nitrogens with zero attached hydrogens (tertiary/aromatic N) is 1. The number of aliphatic hydroxyl groups is 1. The molecule has 6 heteroatoms. The smallest absolute Gasteiger partial charge is 0.317 e. The summed E-state index contributed by atoms with van der Waals surface area (Å²) in [5.41, 5.74) is 0.710. The van der Waals surface area contributed by atoms with Crippen molar-refractivity contribution in [2.24, 2.45) is 5.92 Å². The van der Waals surface area contributed by atoms with Gasteiger partial charge in [0.25, 0.3) is 0 Å². The first-order chi connectivity index (χ1) is 11.4. The van der Waals surface area contributed by atoms with Gasteiger partial charge in [0.2, 0.25) is 0 Å². The minimum Gasteiger partial charge on any atom is -0.393 e. The summed E-state index contributed by atoms with van der Waals surface area (Å²) < 4.78 is 26.1. The fraction of sp³-hybridized carbons (Fsp3) is 0.611. The van der Waals surface area contributed by atoms with Crippen molar-refractivity contribution < 1.29 is 18.7 Å². The molecular formula is C18H26F2N2O2. The average molecular weight is 340 g/mol. The maximum absolute atomic E-state index is 13.2. The van der Waals surface area contributed by atoms with Crippen LogP contribution in [-0.4, -0.2) is 41.3 Å². The zero-order chi connectivity index (χ0) is 17.7. The Bertz CT molecular complexity index is 566. The summed E-state index contributed by atoms with van der Waals surface area (Å²) in [7, 11) is 0. The van der Waals surface area contributed by atoms with E-state index in [-0.39, 0.29) is 18.0 Å². The summed E-state index contributed by atoms with van der Waals surface area (Å²) in [5.74, 6) is -1.57. The molecule has 1 aliphatic rings. The number of rotatable bonds is 5. The van der Waals surface area contributed by atoms with E-state index in [0.29, 0.717) is 31.5 Å². The van der Waals surface area contributed by atoms with E-state index >= 15 is 0 Å². The number of benzene rings is 1. The molecule has 0 unspecified atom stereocenters. The van der Waals surface area contributed by atoms with Gasteiger partial charge in [-0.2, -0.15) is 0 Å². The Hall–Kier alpha value is -1.69. The SMILES string of the molecule is C[C@H](CCc1ccc(F)c(F)c1)NC(=O)N1CCC[C@@H]([C@H](C)O)C1. The van der Waals surface area contributed by atoms with Gasteiger partial charge >= 0.3 is 6.03 Å². The predicted octanol–water partition coefficient (Wildman–Crippen LogP) is 3.09. The Morgan fingerprint density at radius 2 is 2.12 bits per heavy atom. The van der Waals surface area contributed by atoms with Gasteiger partial charge in [0.05, 0.1) is 6.10 Å². The molecule has 134 valence electrons. The van der Waals surface area contributed by atoms with Gasteiger partial charge in [-0.1, -0.05) is 6.07 Å². The molecule has 0 aromatic heterocycles. The van der Waals surface area contributed by atoms with Gasteiger partial charge in [0.15, 0.2) is 11.6 Å². The molecular weight excluding hydrogens is 314 g/mol. The van der Waals surface area contributed by atoms with Crippen LogP contribution in [0.4, 0.5) is 13.6 Å². The van der Waals surface area contributed by atoms with E-state index < -0.39 is 17.7 Å². The molecule has 1 aliphatic heterocycles. The lowest BCUT2D eigenvalue weighted by molar-refractivity contribution is 0.0734. The van der Waals surface area contributed by atoms with E-state index in [0.717, 1.165) is 18.9 Å².